The van der Waals surface area contributed by atoms with Gasteiger partial charge in [0.2, 0.25) is 5.91 Å². The quantitative estimate of drug-likeness (QED) is 0.679. The molecule has 33 heavy (non-hydrogen) atoms. The highest BCUT2D eigenvalue weighted by atomic mass is 35.5. The van der Waals surface area contributed by atoms with Gasteiger partial charge in [-0.15, -0.1) is 0 Å². The fourth-order valence-corrected chi connectivity index (χ4v) is 5.26. The van der Waals surface area contributed by atoms with E-state index < -0.39 is 11.4 Å². The van der Waals surface area contributed by atoms with Gasteiger partial charge in [-0.1, -0.05) is 36.6 Å². The highest BCUT2D eigenvalue weighted by Crippen LogP contribution is 2.39. The molecule has 1 aromatic carbocycles. The SMILES string of the molecule is CC1(C(=O)NC2CCCC2)Cn2cnc(C(=O)NCc3cccc(Cl)c3)c2C(=O)N1C1CC1. The molecule has 8 nitrogen and oxygen atoms in total. The molecular formula is C24H28ClN5O3. The highest BCUT2D eigenvalue weighted by molar-refractivity contribution is 6.30. The fraction of sp³-hybridized carbons (Fsp3) is 0.500. The number of carbonyl (C=O) groups is 3. The molecule has 2 heterocycles. The molecule has 2 N–H and O–H groups in total. The van der Waals surface area contributed by atoms with Gasteiger partial charge in [0.15, 0.2) is 5.69 Å². The van der Waals surface area contributed by atoms with Gasteiger partial charge in [0, 0.05) is 23.7 Å². The van der Waals surface area contributed by atoms with Crippen LogP contribution in [0.2, 0.25) is 5.02 Å². The lowest BCUT2D eigenvalue weighted by Crippen LogP contribution is -2.65. The van der Waals surface area contributed by atoms with E-state index in [2.05, 4.69) is 15.6 Å². The molecule has 1 aliphatic heterocycles. The van der Waals surface area contributed by atoms with Gasteiger partial charge in [-0.05, 0) is 50.3 Å². The van der Waals surface area contributed by atoms with Crippen molar-refractivity contribution in [2.45, 2.75) is 76.2 Å². The molecule has 2 aliphatic carbocycles. The van der Waals surface area contributed by atoms with Crippen LogP contribution in [0.3, 0.4) is 0 Å². The molecule has 174 valence electrons. The van der Waals surface area contributed by atoms with E-state index in [4.69, 9.17) is 11.6 Å². The van der Waals surface area contributed by atoms with E-state index in [1.165, 1.54) is 6.33 Å². The lowest BCUT2D eigenvalue weighted by molar-refractivity contribution is -0.134. The largest absolute Gasteiger partial charge is 0.351 e. The van der Waals surface area contributed by atoms with Crippen LogP contribution >= 0.6 is 11.6 Å². The number of hydrogen-bond acceptors (Lipinski definition) is 4. The number of benzene rings is 1. The standard InChI is InChI=1S/C24H28ClN5O3/c1-24(23(33)28-17-7-2-3-8-17)13-29-14-27-19(20(29)22(32)30(24)18-9-10-18)21(31)26-12-15-5-4-6-16(25)11-15/h4-6,11,14,17-18H,2-3,7-10,12-13H2,1H3,(H,26,31)(H,28,33). The second-order valence-corrected chi connectivity index (χ2v) is 9.95. The Bertz CT molecular complexity index is 1110. The molecule has 3 aliphatic rings. The summed E-state index contributed by atoms with van der Waals surface area (Å²) in [5.41, 5.74) is 0.178. The number of nitrogens with zero attached hydrogens (tertiary/aromatic N) is 3. The predicted octanol–water partition coefficient (Wildman–Crippen LogP) is 2.90. The van der Waals surface area contributed by atoms with Gasteiger partial charge in [-0.3, -0.25) is 14.4 Å². The molecule has 3 amide bonds. The van der Waals surface area contributed by atoms with Crippen LogP contribution < -0.4 is 10.6 Å². The lowest BCUT2D eigenvalue weighted by Gasteiger charge is -2.44. The molecule has 2 aromatic rings. The van der Waals surface area contributed by atoms with E-state index in [-0.39, 0.29) is 48.4 Å². The Balaban J connectivity index is 1.38. The van der Waals surface area contributed by atoms with E-state index >= 15 is 0 Å². The van der Waals surface area contributed by atoms with Crippen molar-refractivity contribution in [3.8, 4) is 0 Å². The number of amides is 3. The van der Waals surface area contributed by atoms with Crippen molar-refractivity contribution in [3.05, 3.63) is 52.6 Å². The summed E-state index contributed by atoms with van der Waals surface area (Å²) in [5, 5.41) is 6.59. The molecule has 5 rings (SSSR count). The Labute approximate surface area is 197 Å². The van der Waals surface area contributed by atoms with Gasteiger partial charge in [-0.2, -0.15) is 0 Å². The summed E-state index contributed by atoms with van der Waals surface area (Å²) in [7, 11) is 0. The van der Waals surface area contributed by atoms with Gasteiger partial charge in [0.25, 0.3) is 11.8 Å². The van der Waals surface area contributed by atoms with E-state index in [1.807, 2.05) is 19.1 Å². The summed E-state index contributed by atoms with van der Waals surface area (Å²) >= 11 is 6.02. The van der Waals surface area contributed by atoms with Gasteiger partial charge in [0.1, 0.15) is 11.2 Å². The minimum absolute atomic E-state index is 0.0165. The third kappa shape index (κ3) is 4.12. The van der Waals surface area contributed by atoms with Crippen molar-refractivity contribution in [2.24, 2.45) is 0 Å². The number of carbonyl (C=O) groups excluding carboxylic acids is 3. The maximum Gasteiger partial charge on any atom is 0.274 e. The van der Waals surface area contributed by atoms with Gasteiger partial charge >= 0.3 is 0 Å². The Hall–Kier alpha value is -2.87. The number of aromatic nitrogens is 2. The normalized spacial score (nSPS) is 22.8. The maximum absolute atomic E-state index is 13.6. The zero-order valence-corrected chi connectivity index (χ0v) is 19.4. The summed E-state index contributed by atoms with van der Waals surface area (Å²) in [6, 6.07) is 7.41. The minimum Gasteiger partial charge on any atom is -0.351 e. The average molecular weight is 470 g/mol. The van der Waals surface area contributed by atoms with Gasteiger partial charge in [0.05, 0.1) is 12.9 Å². The number of nitrogens with one attached hydrogen (secondary N) is 2. The molecule has 0 spiro atoms. The van der Waals surface area contributed by atoms with Crippen LogP contribution in [-0.2, 0) is 17.9 Å². The van der Waals surface area contributed by atoms with Crippen LogP contribution in [0.4, 0.5) is 0 Å². The summed E-state index contributed by atoms with van der Waals surface area (Å²) in [5.74, 6) is -0.856. The van der Waals surface area contributed by atoms with Gasteiger partial charge < -0.3 is 20.1 Å². The van der Waals surface area contributed by atoms with Crippen molar-refractivity contribution in [2.75, 3.05) is 0 Å². The third-order valence-corrected chi connectivity index (χ3v) is 7.15. The first-order valence-corrected chi connectivity index (χ1v) is 12.0. The molecule has 1 unspecified atom stereocenters. The van der Waals surface area contributed by atoms with E-state index in [1.54, 1.807) is 21.6 Å². The van der Waals surface area contributed by atoms with Crippen LogP contribution in [0.25, 0.3) is 0 Å². The maximum atomic E-state index is 13.6. The van der Waals surface area contributed by atoms with E-state index in [0.717, 1.165) is 44.1 Å². The molecule has 1 aromatic heterocycles. The van der Waals surface area contributed by atoms with Crippen LogP contribution in [0.15, 0.2) is 30.6 Å². The second-order valence-electron chi connectivity index (χ2n) is 9.52. The smallest absolute Gasteiger partial charge is 0.274 e. The number of imidazole rings is 1. The number of hydrogen-bond donors (Lipinski definition) is 2. The highest BCUT2D eigenvalue weighted by Gasteiger charge is 2.54. The van der Waals surface area contributed by atoms with Crippen molar-refractivity contribution < 1.29 is 14.4 Å². The van der Waals surface area contributed by atoms with Crippen molar-refractivity contribution in [1.82, 2.24) is 25.1 Å². The Morgan fingerprint density at radius 2 is 1.97 bits per heavy atom. The summed E-state index contributed by atoms with van der Waals surface area (Å²) in [6.45, 7) is 2.38. The third-order valence-electron chi connectivity index (χ3n) is 6.92. The zero-order chi connectivity index (χ0) is 23.2. The second kappa shape index (κ2) is 8.48. The topological polar surface area (TPSA) is 96.3 Å². The molecule has 0 saturated heterocycles. The first-order chi connectivity index (χ1) is 15.9. The number of halogens is 1. The Morgan fingerprint density at radius 3 is 2.67 bits per heavy atom. The van der Waals surface area contributed by atoms with Crippen LogP contribution in [0, 0.1) is 0 Å². The average Bonchev–Trinajstić information content (AvgIpc) is 3.29. The molecule has 2 saturated carbocycles. The minimum atomic E-state index is -1.01. The molecule has 0 bridgehead atoms. The molecular weight excluding hydrogens is 442 g/mol. The number of rotatable bonds is 6. The monoisotopic (exact) mass is 469 g/mol. The molecule has 9 heteroatoms. The molecule has 1 atom stereocenters. The Kier molecular flexibility index (Phi) is 5.64. The summed E-state index contributed by atoms with van der Waals surface area (Å²) in [6.07, 6.45) is 7.41. The lowest BCUT2D eigenvalue weighted by atomic mass is 9.93. The summed E-state index contributed by atoms with van der Waals surface area (Å²) < 4.78 is 1.66. The molecule has 2 fully saturated rings. The first kappa shape index (κ1) is 21.9. The van der Waals surface area contributed by atoms with Crippen molar-refractivity contribution in [1.29, 1.82) is 0 Å². The van der Waals surface area contributed by atoms with E-state index in [9.17, 15) is 14.4 Å². The van der Waals surface area contributed by atoms with Crippen LogP contribution in [-0.4, -0.2) is 49.8 Å². The van der Waals surface area contributed by atoms with Crippen molar-refractivity contribution in [3.63, 3.8) is 0 Å². The van der Waals surface area contributed by atoms with Crippen molar-refractivity contribution >= 4 is 29.3 Å². The first-order valence-electron chi connectivity index (χ1n) is 11.6. The van der Waals surface area contributed by atoms with Crippen LogP contribution in [0.1, 0.15) is 72.0 Å². The van der Waals surface area contributed by atoms with Crippen LogP contribution in [0.5, 0.6) is 0 Å². The zero-order valence-electron chi connectivity index (χ0n) is 18.6. The summed E-state index contributed by atoms with van der Waals surface area (Å²) in [4.78, 5) is 45.9. The predicted molar refractivity (Wildman–Crippen MR) is 123 cm³/mol. The van der Waals surface area contributed by atoms with E-state index in [0.29, 0.717) is 5.02 Å². The molecule has 0 radical (unpaired) electrons. The number of fused-ring (bicyclic) bond motifs is 1. The Morgan fingerprint density at radius 1 is 1.21 bits per heavy atom. The fourth-order valence-electron chi connectivity index (χ4n) is 5.05. The van der Waals surface area contributed by atoms with Gasteiger partial charge in [-0.25, -0.2) is 4.98 Å².